The molecule has 0 radical (unpaired) electrons. The zero-order chi connectivity index (χ0) is 12.2. The van der Waals surface area contributed by atoms with E-state index in [2.05, 4.69) is 28.8 Å². The molecular weight excluding hydrogens is 224 g/mol. The number of fused-ring (bicyclic) bond motifs is 1. The van der Waals surface area contributed by atoms with Gasteiger partial charge in [-0.25, -0.2) is 0 Å². The molecule has 0 spiro atoms. The third-order valence-corrected chi connectivity index (χ3v) is 3.90. The van der Waals surface area contributed by atoms with Gasteiger partial charge in [-0.15, -0.1) is 0 Å². The molecule has 3 nitrogen and oxygen atoms in total. The fourth-order valence-corrected chi connectivity index (χ4v) is 2.83. The van der Waals surface area contributed by atoms with Gasteiger partial charge in [0.15, 0.2) is 0 Å². The molecule has 1 aromatic rings. The van der Waals surface area contributed by atoms with Gasteiger partial charge < -0.3 is 15.4 Å². The number of ether oxygens (including phenoxy) is 1. The van der Waals surface area contributed by atoms with E-state index in [-0.39, 0.29) is 0 Å². The Morgan fingerprint density at radius 3 is 3.11 bits per heavy atom. The maximum absolute atomic E-state index is 5.62. The summed E-state index contributed by atoms with van der Waals surface area (Å²) in [6.07, 6.45) is 4.13. The summed E-state index contributed by atoms with van der Waals surface area (Å²) in [5.41, 5.74) is 4.32. The molecule has 0 amide bonds. The Labute approximate surface area is 109 Å². The molecule has 1 unspecified atom stereocenters. The number of benzene rings is 1. The van der Waals surface area contributed by atoms with Crippen molar-refractivity contribution in [2.24, 2.45) is 0 Å². The monoisotopic (exact) mass is 246 g/mol. The van der Waals surface area contributed by atoms with E-state index >= 15 is 0 Å². The van der Waals surface area contributed by atoms with Crippen LogP contribution in [0.1, 0.15) is 36.0 Å². The lowest BCUT2D eigenvalue weighted by molar-refractivity contribution is 0.104. The summed E-state index contributed by atoms with van der Waals surface area (Å²) in [6.45, 7) is 5.05. The fraction of sp³-hybridized carbons (Fsp3) is 0.600. The third kappa shape index (κ3) is 2.91. The van der Waals surface area contributed by atoms with Crippen LogP contribution in [0.25, 0.3) is 0 Å². The highest BCUT2D eigenvalue weighted by Gasteiger charge is 2.14. The van der Waals surface area contributed by atoms with Crippen molar-refractivity contribution in [1.82, 2.24) is 10.6 Å². The molecule has 2 heterocycles. The first-order valence-electron chi connectivity index (χ1n) is 7.05. The largest absolute Gasteiger partial charge is 0.378 e. The molecule has 98 valence electrons. The number of hydrogen-bond acceptors (Lipinski definition) is 3. The summed E-state index contributed by atoms with van der Waals surface area (Å²) in [4.78, 5) is 0. The molecule has 1 aromatic carbocycles. The van der Waals surface area contributed by atoms with Crippen LogP contribution in [0.4, 0.5) is 0 Å². The summed E-state index contributed by atoms with van der Waals surface area (Å²) < 4.78 is 5.62. The zero-order valence-corrected chi connectivity index (χ0v) is 10.9. The molecule has 2 N–H and O–H groups in total. The van der Waals surface area contributed by atoms with Gasteiger partial charge in [-0.05, 0) is 42.5 Å². The Bertz CT molecular complexity index is 399. The van der Waals surface area contributed by atoms with Crippen molar-refractivity contribution in [1.29, 1.82) is 0 Å². The normalized spacial score (nSPS) is 22.3. The molecule has 1 fully saturated rings. The van der Waals surface area contributed by atoms with E-state index in [9.17, 15) is 0 Å². The quantitative estimate of drug-likeness (QED) is 0.779. The van der Waals surface area contributed by atoms with Gasteiger partial charge in [0, 0.05) is 26.2 Å². The summed E-state index contributed by atoms with van der Waals surface area (Å²) >= 11 is 0. The topological polar surface area (TPSA) is 33.3 Å². The van der Waals surface area contributed by atoms with Crippen molar-refractivity contribution in [3.05, 3.63) is 34.9 Å². The SMILES string of the molecule is c1cc2c(cc1CNCCC1CCCO1)CNC2. The predicted molar refractivity (Wildman–Crippen MR) is 72.3 cm³/mol. The first-order chi connectivity index (χ1) is 8.92. The molecule has 0 aromatic heterocycles. The van der Waals surface area contributed by atoms with Gasteiger partial charge >= 0.3 is 0 Å². The Morgan fingerprint density at radius 1 is 1.28 bits per heavy atom. The highest BCUT2D eigenvalue weighted by Crippen LogP contribution is 2.17. The number of rotatable bonds is 5. The molecular formula is C15H22N2O. The number of nitrogens with one attached hydrogen (secondary N) is 2. The van der Waals surface area contributed by atoms with E-state index in [0.717, 1.165) is 39.2 Å². The van der Waals surface area contributed by atoms with Crippen LogP contribution in [0.15, 0.2) is 18.2 Å². The van der Waals surface area contributed by atoms with E-state index in [1.54, 1.807) is 0 Å². The Kier molecular flexibility index (Phi) is 3.93. The van der Waals surface area contributed by atoms with Crippen LogP contribution in [0.5, 0.6) is 0 Å². The minimum absolute atomic E-state index is 0.502. The van der Waals surface area contributed by atoms with E-state index in [4.69, 9.17) is 4.74 Å². The van der Waals surface area contributed by atoms with Crippen molar-refractivity contribution < 1.29 is 4.74 Å². The zero-order valence-electron chi connectivity index (χ0n) is 10.9. The van der Waals surface area contributed by atoms with Crippen LogP contribution in [0, 0.1) is 0 Å². The highest BCUT2D eigenvalue weighted by molar-refractivity contribution is 5.34. The lowest BCUT2D eigenvalue weighted by Crippen LogP contribution is -2.19. The molecule has 3 heteroatoms. The third-order valence-electron chi connectivity index (χ3n) is 3.90. The van der Waals surface area contributed by atoms with E-state index in [1.807, 2.05) is 0 Å². The summed E-state index contributed by atoms with van der Waals surface area (Å²) in [5, 5.41) is 6.90. The molecule has 1 saturated heterocycles. The summed E-state index contributed by atoms with van der Waals surface area (Å²) in [7, 11) is 0. The molecule has 18 heavy (non-hydrogen) atoms. The lowest BCUT2D eigenvalue weighted by Gasteiger charge is -2.10. The maximum Gasteiger partial charge on any atom is 0.0588 e. The van der Waals surface area contributed by atoms with Crippen molar-refractivity contribution in [2.75, 3.05) is 13.2 Å². The van der Waals surface area contributed by atoms with Gasteiger partial charge in [0.05, 0.1) is 6.10 Å². The second-order valence-corrected chi connectivity index (χ2v) is 5.31. The van der Waals surface area contributed by atoms with Crippen molar-refractivity contribution >= 4 is 0 Å². The second kappa shape index (κ2) is 5.83. The van der Waals surface area contributed by atoms with Crippen molar-refractivity contribution in [3.63, 3.8) is 0 Å². The highest BCUT2D eigenvalue weighted by atomic mass is 16.5. The van der Waals surface area contributed by atoms with Crippen molar-refractivity contribution in [3.8, 4) is 0 Å². The lowest BCUT2D eigenvalue weighted by atomic mass is 10.1. The van der Waals surface area contributed by atoms with Gasteiger partial charge in [0.1, 0.15) is 0 Å². The predicted octanol–water partition coefficient (Wildman–Crippen LogP) is 1.95. The molecule has 0 bridgehead atoms. The van der Waals surface area contributed by atoms with Gasteiger partial charge in [-0.3, -0.25) is 0 Å². The minimum atomic E-state index is 0.502. The van der Waals surface area contributed by atoms with Crippen LogP contribution in [0.3, 0.4) is 0 Å². The average Bonchev–Trinajstić information content (AvgIpc) is 3.05. The fourth-order valence-electron chi connectivity index (χ4n) is 2.83. The van der Waals surface area contributed by atoms with Crippen LogP contribution < -0.4 is 10.6 Å². The van der Waals surface area contributed by atoms with E-state index in [1.165, 1.54) is 29.5 Å². The van der Waals surface area contributed by atoms with Crippen LogP contribution in [-0.2, 0) is 24.4 Å². The van der Waals surface area contributed by atoms with Gasteiger partial charge in [0.25, 0.3) is 0 Å². The Balaban J connectivity index is 1.42. The van der Waals surface area contributed by atoms with Gasteiger partial charge in [-0.1, -0.05) is 18.2 Å². The van der Waals surface area contributed by atoms with Crippen LogP contribution >= 0.6 is 0 Å². The van der Waals surface area contributed by atoms with E-state index in [0.29, 0.717) is 6.10 Å². The smallest absolute Gasteiger partial charge is 0.0588 e. The van der Waals surface area contributed by atoms with Crippen LogP contribution in [-0.4, -0.2) is 19.3 Å². The van der Waals surface area contributed by atoms with E-state index < -0.39 is 0 Å². The molecule has 1 atom stereocenters. The standard InChI is InChI=1S/C15H22N2O/c1-2-15(18-7-1)5-6-16-9-12-3-4-13-10-17-11-14(13)8-12/h3-4,8,15-17H,1-2,5-7,9-11H2. The average molecular weight is 246 g/mol. The second-order valence-electron chi connectivity index (χ2n) is 5.31. The minimum Gasteiger partial charge on any atom is -0.378 e. The first-order valence-corrected chi connectivity index (χ1v) is 7.05. The Hall–Kier alpha value is -0.900. The Morgan fingerprint density at radius 2 is 2.22 bits per heavy atom. The number of hydrogen-bond donors (Lipinski definition) is 2. The molecule has 0 aliphatic carbocycles. The molecule has 2 aliphatic heterocycles. The summed E-state index contributed by atoms with van der Waals surface area (Å²) in [6, 6.07) is 6.83. The van der Waals surface area contributed by atoms with Gasteiger partial charge in [-0.2, -0.15) is 0 Å². The van der Waals surface area contributed by atoms with Gasteiger partial charge in [0.2, 0.25) is 0 Å². The molecule has 2 aliphatic rings. The summed E-state index contributed by atoms with van der Waals surface area (Å²) in [5.74, 6) is 0. The maximum atomic E-state index is 5.62. The molecule has 0 saturated carbocycles. The first kappa shape index (κ1) is 12.2. The molecule has 3 rings (SSSR count). The van der Waals surface area contributed by atoms with Crippen LogP contribution in [0.2, 0.25) is 0 Å². The van der Waals surface area contributed by atoms with Crippen molar-refractivity contribution in [2.45, 2.75) is 45.0 Å².